The third-order valence-electron chi connectivity index (χ3n) is 23.2. The number of carbonyl (C=O) groups excluding carboxylic acids is 17. The molecule has 45 nitrogen and oxygen atoms in total. The van der Waals surface area contributed by atoms with Crippen LogP contribution in [0.4, 0.5) is 15.3 Å². The van der Waals surface area contributed by atoms with E-state index in [1.54, 1.807) is 45.9 Å². The standard InChI is InChI=1S/C90H116N20O25S/c1-9-47(4)76-85(126)95-40-74(117)101-68-45-136(131)87-59(37-65(81(122)94-41-75(118)106-76)103-86(127)77(48(5)70(113)43-111)107-84(125)69-35-56(112)42-110(69)88(128)67(39-72(92)115)104-83(68)124)58-22-21-57(36-61(58)105-87)135-90(130)109(46(2)3)27-26-108(8)89(129)134-44-53-16-19-55(20-17-53)98-82(123)66(38-71(91)114)102-79(120)50(7)97-78(119)49(6)96-73(116)24-28-132-30-31-133-29-25-93-80(121)54-18-23-60-64(34-54)100-63-33-52-13-11-10-12-51(14-15-52)32-62(63)99-60/h10-23,34,36,46-50,56,65-70,76-77,105,111-113H,9,24-33,35,37-45H2,1-8H3,(H2,91,114)(H2,92,115)(H,93,121)(H,94,122)(H,95,126)(H,96,116)(H,97,119)(H,98,123)(H,101,117)(H,102,120)(H,103,127)(H,104,124)(H,106,118)(H,107,125)/b11-10-,12-10?,13-11?,15-14?,51-12-,51-14?,52-13?,52-15?/t47-,48-,49-,50-,56+,65+,66-,67-,68-,69-,70-,76-,77-,136?/m0/s1. The van der Waals surface area contributed by atoms with Crippen molar-refractivity contribution in [2.45, 2.75) is 184 Å². The third-order valence-corrected chi connectivity index (χ3v) is 24.6. The second-order valence-corrected chi connectivity index (χ2v) is 35.2. The molecule has 1 unspecified atom stereocenters. The first kappa shape index (κ1) is 104. The number of nitrogens with two attached hydrogens (primary N) is 2. The van der Waals surface area contributed by atoms with E-state index >= 15 is 4.21 Å². The summed E-state index contributed by atoms with van der Waals surface area (Å²) in [5, 5.41) is 61.9. The molecule has 10 rings (SSSR count). The van der Waals surface area contributed by atoms with E-state index in [0.29, 0.717) is 41.4 Å². The van der Waals surface area contributed by atoms with E-state index in [1.807, 2.05) is 18.2 Å². The van der Waals surface area contributed by atoms with Gasteiger partial charge in [-0.25, -0.2) is 19.6 Å². The number of nitrogens with zero attached hydrogens (tertiary/aromatic N) is 5. The number of hydrogen-bond donors (Lipinski definition) is 18. The van der Waals surface area contributed by atoms with Crippen LogP contribution in [-0.4, -0.2) is 308 Å². The van der Waals surface area contributed by atoms with Gasteiger partial charge in [0, 0.05) is 100.0 Å². The first-order chi connectivity index (χ1) is 64.7. The average Bonchev–Trinajstić information content (AvgIpc) is 1.73. The molecule has 20 N–H and O–H groups in total. The van der Waals surface area contributed by atoms with Crippen molar-refractivity contribution in [1.29, 1.82) is 0 Å². The van der Waals surface area contributed by atoms with Crippen LogP contribution in [0.2, 0.25) is 0 Å². The number of aromatic amines is 1. The fourth-order valence-electron chi connectivity index (χ4n) is 15.2. The number of aliphatic hydroxyl groups excluding tert-OH is 3. The Kier molecular flexibility index (Phi) is 37.4. The van der Waals surface area contributed by atoms with Gasteiger partial charge in [-0.15, -0.1) is 0 Å². The zero-order valence-electron chi connectivity index (χ0n) is 76.3. The summed E-state index contributed by atoms with van der Waals surface area (Å²) in [5.41, 5.74) is 17.3. The van der Waals surface area contributed by atoms with Crippen LogP contribution in [0.1, 0.15) is 113 Å². The van der Waals surface area contributed by atoms with Crippen LogP contribution in [0, 0.1) is 11.8 Å². The van der Waals surface area contributed by atoms with E-state index in [1.165, 1.54) is 80.1 Å². The first-order valence-electron chi connectivity index (χ1n) is 44.3. The van der Waals surface area contributed by atoms with Crippen molar-refractivity contribution in [2.24, 2.45) is 23.3 Å². The van der Waals surface area contributed by atoms with Gasteiger partial charge in [-0.3, -0.25) is 76.1 Å². The lowest BCUT2D eigenvalue weighted by Gasteiger charge is -2.32. The number of ether oxygens (including phenoxy) is 4. The van der Waals surface area contributed by atoms with Crippen molar-refractivity contribution in [2.75, 3.05) is 90.4 Å². The van der Waals surface area contributed by atoms with Gasteiger partial charge < -0.3 is 129 Å². The number of aromatic nitrogens is 3. The van der Waals surface area contributed by atoms with E-state index in [9.17, 15) is 96.8 Å². The normalized spacial score (nSPS) is 21.5. The number of likely N-dealkylation sites (N-methyl/N-ethyl adjacent to an activating group) is 1. The number of aliphatic hydroxyl groups is 3. The molecule has 14 atom stereocenters. The molecule has 0 radical (unpaired) electrons. The molecule has 3 aromatic carbocycles. The number of H-pyrrole nitrogens is 1. The minimum absolute atomic E-state index is 0.0209. The Morgan fingerprint density at radius 2 is 1.33 bits per heavy atom. The van der Waals surface area contributed by atoms with Crippen molar-refractivity contribution < 1.29 is 120 Å². The van der Waals surface area contributed by atoms with E-state index in [2.05, 4.69) is 87.0 Å². The van der Waals surface area contributed by atoms with Crippen molar-refractivity contribution in [3.63, 3.8) is 0 Å². The van der Waals surface area contributed by atoms with Gasteiger partial charge in [-0.2, -0.15) is 0 Å². The van der Waals surface area contributed by atoms with Gasteiger partial charge in [0.05, 0.1) is 116 Å². The largest absolute Gasteiger partial charge is 0.445 e. The number of amides is 17. The molecular weight excluding hydrogens is 1790 g/mol. The molecule has 732 valence electrons. The van der Waals surface area contributed by atoms with Crippen LogP contribution in [0.5, 0.6) is 5.75 Å². The van der Waals surface area contributed by atoms with E-state index in [0.717, 1.165) is 27.4 Å². The summed E-state index contributed by atoms with van der Waals surface area (Å²) < 4.78 is 37.9. The van der Waals surface area contributed by atoms with Gasteiger partial charge in [0.1, 0.15) is 71.8 Å². The Labute approximate surface area is 783 Å². The van der Waals surface area contributed by atoms with Gasteiger partial charge in [0.25, 0.3) is 5.91 Å². The van der Waals surface area contributed by atoms with Crippen molar-refractivity contribution in [3.05, 3.63) is 136 Å². The molecule has 1 saturated heterocycles. The SMILES string of the molecule is CC[C@H](C)[C@@H]1NC(=O)CNC(=O)[C@H]2Cc3c([nH]c4cc(OC(=O)N(CCN(C)C(=O)OCc5ccc(NC(=O)[C@H](CC(N)=O)NC(=O)[C@H](C)NC(=O)[C@H](C)NC(=O)CCOCCOCCNC(=O)c6ccc7nc8c(nc7c6)CC6=C/C=C\C=C(\C=C6)C8)cc5)C(C)C)ccc34)S(=O)C[C@H](NC(=O)CNC1=O)C(=O)N[C@@H](CC(N)=O)C(=O)N1C[C@H](O)C[C@H]1C(=O)N[C@@H]([C@@H](C)[C@@H](O)CO)C(=O)N2. The minimum Gasteiger partial charge on any atom is -0.445 e. The second-order valence-electron chi connectivity index (χ2n) is 33.8. The van der Waals surface area contributed by atoms with Crippen molar-refractivity contribution in [3.8, 4) is 5.75 Å². The smallest absolute Gasteiger partial charge is 0.415 e. The van der Waals surface area contributed by atoms with Crippen LogP contribution < -0.4 is 80.0 Å². The molecule has 2 aliphatic carbocycles. The van der Waals surface area contributed by atoms with Crippen LogP contribution in [0.3, 0.4) is 0 Å². The maximum Gasteiger partial charge on any atom is 0.415 e. The van der Waals surface area contributed by atoms with Crippen LogP contribution >= 0.6 is 0 Å². The summed E-state index contributed by atoms with van der Waals surface area (Å²) in [6, 6.07) is -0.132. The highest BCUT2D eigenvalue weighted by molar-refractivity contribution is 7.85. The van der Waals surface area contributed by atoms with Crippen LogP contribution in [0.15, 0.2) is 113 Å². The highest BCUT2D eigenvalue weighted by Gasteiger charge is 2.46. The number of fused-ring (bicyclic) bond motifs is 9. The molecule has 136 heavy (non-hydrogen) atoms. The molecule has 5 aliphatic rings. The lowest BCUT2D eigenvalue weighted by atomic mass is 9.93. The molecule has 4 bridgehead atoms. The van der Waals surface area contributed by atoms with Gasteiger partial charge in [0.2, 0.25) is 82.7 Å². The highest BCUT2D eigenvalue weighted by Crippen LogP contribution is 2.32. The minimum atomic E-state index is -2.59. The Morgan fingerprint density at radius 3 is 1.99 bits per heavy atom. The summed E-state index contributed by atoms with van der Waals surface area (Å²) in [7, 11) is -1.19. The number of hydrogen-bond acceptors (Lipinski definition) is 27. The molecule has 0 saturated carbocycles. The van der Waals surface area contributed by atoms with Gasteiger partial charge in [0.15, 0.2) is 0 Å². The van der Waals surface area contributed by atoms with E-state index in [-0.39, 0.29) is 97.9 Å². The number of benzene rings is 3. The molecule has 17 amide bonds. The summed E-state index contributed by atoms with van der Waals surface area (Å²) in [4.78, 5) is 250. The summed E-state index contributed by atoms with van der Waals surface area (Å²) in [6.07, 6.45) is 5.98. The predicted octanol–water partition coefficient (Wildman–Crippen LogP) is -2.97. The molecule has 46 heteroatoms. The number of allylic oxidation sites excluding steroid dienone is 8. The second kappa shape index (κ2) is 48.8. The zero-order chi connectivity index (χ0) is 98.9. The molecule has 3 aliphatic heterocycles. The molecule has 5 heterocycles. The monoisotopic (exact) mass is 1910 g/mol. The third kappa shape index (κ3) is 29.0. The van der Waals surface area contributed by atoms with Crippen molar-refractivity contribution in [1.82, 2.24) is 88.1 Å². The fourth-order valence-corrected chi connectivity index (χ4v) is 16.6. The fraction of sp³-hybridized carbons (Fsp3) is 0.478. The number of carbonyl (C=O) groups is 17. The Hall–Kier alpha value is -14.0. The zero-order valence-corrected chi connectivity index (χ0v) is 77.1. The van der Waals surface area contributed by atoms with E-state index in [4.69, 9.17) is 40.4 Å². The maximum absolute atomic E-state index is 15.3. The predicted molar refractivity (Wildman–Crippen MR) is 487 cm³/mol. The van der Waals surface area contributed by atoms with Crippen LogP contribution in [-0.2, 0) is 118 Å². The lowest BCUT2D eigenvalue weighted by molar-refractivity contribution is -0.144. The summed E-state index contributed by atoms with van der Waals surface area (Å²) in [6.45, 7) is 7.39. The van der Waals surface area contributed by atoms with Crippen molar-refractivity contribution >= 4 is 139 Å². The first-order valence-corrected chi connectivity index (χ1v) is 45.6. The lowest BCUT2D eigenvalue weighted by Crippen LogP contribution is -2.62. The Balaban J connectivity index is 0.715. The molecule has 5 aromatic rings. The molecular formula is C90H116N20O25S. The molecule has 0 spiro atoms. The van der Waals surface area contributed by atoms with Gasteiger partial charge in [-0.05, 0) is 98.4 Å². The van der Waals surface area contributed by atoms with Gasteiger partial charge >= 0.3 is 12.2 Å². The maximum atomic E-state index is 15.3. The number of nitrogens with one attached hydrogen (secondary N) is 13. The average molecular weight is 1910 g/mol. The summed E-state index contributed by atoms with van der Waals surface area (Å²) in [5.74, 6) is -17.3. The number of anilines is 1. The molecule has 1 fully saturated rings. The quantitative estimate of drug-likeness (QED) is 0.0187. The van der Waals surface area contributed by atoms with Crippen LogP contribution in [0.25, 0.3) is 21.9 Å². The Bertz CT molecular complexity index is 5510. The summed E-state index contributed by atoms with van der Waals surface area (Å²) >= 11 is 0. The topological polar surface area (TPSA) is 653 Å². The number of primary amides is 2. The number of rotatable bonds is 33. The van der Waals surface area contributed by atoms with Gasteiger partial charge in [-0.1, -0.05) is 75.8 Å². The highest BCUT2D eigenvalue weighted by atomic mass is 32.2. The Morgan fingerprint density at radius 1 is 0.676 bits per heavy atom. The molecule has 2 aromatic heterocycles. The van der Waals surface area contributed by atoms with E-state index < -0.39 is 248 Å².